The van der Waals surface area contributed by atoms with Crippen molar-refractivity contribution in [1.82, 2.24) is 10.3 Å². The topological polar surface area (TPSA) is 61.3 Å². The number of pyridine rings is 1. The van der Waals surface area contributed by atoms with Crippen LogP contribution in [0, 0.1) is 0 Å². The van der Waals surface area contributed by atoms with E-state index in [1.54, 1.807) is 6.20 Å². The van der Waals surface area contributed by atoms with E-state index in [9.17, 15) is 0 Å². The van der Waals surface area contributed by atoms with Crippen molar-refractivity contribution < 1.29 is 0 Å². The van der Waals surface area contributed by atoms with Gasteiger partial charge in [0.1, 0.15) is 17.8 Å². The van der Waals surface area contributed by atoms with E-state index in [4.69, 9.17) is 16.6 Å². The van der Waals surface area contributed by atoms with Gasteiger partial charge in [-0.2, -0.15) is 0 Å². The molecule has 1 unspecified atom stereocenters. The first-order valence-electron chi connectivity index (χ1n) is 10.0. The van der Waals surface area contributed by atoms with Gasteiger partial charge >= 0.3 is 0 Å². The van der Waals surface area contributed by atoms with Gasteiger partial charge in [0.2, 0.25) is 0 Å². The van der Waals surface area contributed by atoms with Crippen LogP contribution in [-0.2, 0) is 0 Å². The second-order valence-electron chi connectivity index (χ2n) is 7.02. The molecule has 0 aliphatic carbocycles. The molecule has 2 aromatic carbocycles. The zero-order valence-electron chi connectivity index (χ0n) is 16.8. The van der Waals surface area contributed by atoms with E-state index in [2.05, 4.69) is 40.5 Å². The normalized spacial score (nSPS) is 14.9. The molecule has 0 radical (unpaired) electrons. The third-order valence-corrected chi connectivity index (χ3v) is 5.23. The summed E-state index contributed by atoms with van der Waals surface area (Å²) < 4.78 is 0. The molecule has 3 aromatic rings. The van der Waals surface area contributed by atoms with Gasteiger partial charge in [0.15, 0.2) is 0 Å². The molecule has 1 atom stereocenters. The molecule has 2 heterocycles. The van der Waals surface area contributed by atoms with Crippen LogP contribution in [0.15, 0.2) is 78.4 Å². The Morgan fingerprint density at radius 3 is 2.73 bits per heavy atom. The van der Waals surface area contributed by atoms with Crippen molar-refractivity contribution in [2.45, 2.75) is 19.5 Å². The first-order valence-corrected chi connectivity index (χ1v) is 10.4. The van der Waals surface area contributed by atoms with E-state index in [-0.39, 0.29) is 6.17 Å². The van der Waals surface area contributed by atoms with Gasteiger partial charge in [-0.25, -0.2) is 9.98 Å². The Hall–Kier alpha value is -3.31. The summed E-state index contributed by atoms with van der Waals surface area (Å²) in [5.74, 6) is 1.46. The van der Waals surface area contributed by atoms with Crippen molar-refractivity contribution >= 4 is 34.6 Å². The lowest BCUT2D eigenvalue weighted by Gasteiger charge is -2.26. The number of para-hydroxylation sites is 1. The molecule has 0 bridgehead atoms. The number of nitrogens with one attached hydrogen (secondary N) is 3. The number of halogens is 1. The fourth-order valence-electron chi connectivity index (χ4n) is 3.39. The summed E-state index contributed by atoms with van der Waals surface area (Å²) >= 11 is 6.43. The molecule has 5 nitrogen and oxygen atoms in total. The van der Waals surface area contributed by atoms with Gasteiger partial charge in [0, 0.05) is 40.3 Å². The molecule has 3 N–H and O–H groups in total. The highest BCUT2D eigenvalue weighted by Crippen LogP contribution is 2.32. The van der Waals surface area contributed by atoms with Gasteiger partial charge in [0.05, 0.1) is 5.56 Å². The molecule has 0 saturated heterocycles. The number of aromatic nitrogens is 1. The molecule has 0 saturated carbocycles. The van der Waals surface area contributed by atoms with Crippen LogP contribution in [0.3, 0.4) is 0 Å². The average Bonchev–Trinajstić information content (AvgIpc) is 2.78. The van der Waals surface area contributed by atoms with Crippen LogP contribution >= 0.6 is 11.6 Å². The number of amidine groups is 1. The van der Waals surface area contributed by atoms with Gasteiger partial charge in [-0.3, -0.25) is 0 Å². The predicted molar refractivity (Wildman–Crippen MR) is 126 cm³/mol. The number of hydrogen-bond acceptors (Lipinski definition) is 5. The number of benzene rings is 2. The van der Waals surface area contributed by atoms with E-state index in [1.165, 1.54) is 0 Å². The maximum absolute atomic E-state index is 6.43. The van der Waals surface area contributed by atoms with E-state index >= 15 is 0 Å². The van der Waals surface area contributed by atoms with Crippen LogP contribution in [0.25, 0.3) is 5.70 Å². The lowest BCUT2D eigenvalue weighted by Crippen LogP contribution is -2.30. The molecule has 1 aliphatic rings. The minimum Gasteiger partial charge on any atom is -0.385 e. The van der Waals surface area contributed by atoms with Gasteiger partial charge in [0.25, 0.3) is 0 Å². The molecule has 0 spiro atoms. The summed E-state index contributed by atoms with van der Waals surface area (Å²) in [5.41, 5.74) is 4.60. The van der Waals surface area contributed by atoms with Crippen molar-refractivity contribution in [3.8, 4) is 0 Å². The Kier molecular flexibility index (Phi) is 6.00. The fourth-order valence-corrected chi connectivity index (χ4v) is 3.63. The van der Waals surface area contributed by atoms with Crippen LogP contribution < -0.4 is 16.0 Å². The summed E-state index contributed by atoms with van der Waals surface area (Å²) in [5, 5.41) is 10.9. The van der Waals surface area contributed by atoms with E-state index < -0.39 is 0 Å². The third-order valence-electron chi connectivity index (χ3n) is 4.88. The fraction of sp³-hybridized carbons (Fsp3) is 0.167. The molecule has 4 rings (SSSR count). The Bertz CT molecular complexity index is 1090. The molecule has 152 valence electrons. The summed E-state index contributed by atoms with van der Waals surface area (Å²) in [6.45, 7) is 7.32. The number of rotatable bonds is 6. The Balaban J connectivity index is 1.68. The quantitative estimate of drug-likeness (QED) is 0.482. The summed E-state index contributed by atoms with van der Waals surface area (Å²) in [7, 11) is 0. The number of anilines is 2. The predicted octanol–water partition coefficient (Wildman–Crippen LogP) is 5.69. The maximum atomic E-state index is 6.43. The van der Waals surface area contributed by atoms with Gasteiger partial charge in [-0.05, 0) is 30.7 Å². The lowest BCUT2D eigenvalue weighted by molar-refractivity contribution is 0.810. The Labute approximate surface area is 181 Å². The first kappa shape index (κ1) is 20.0. The van der Waals surface area contributed by atoms with Gasteiger partial charge in [-0.15, -0.1) is 0 Å². The largest absolute Gasteiger partial charge is 0.385 e. The zero-order valence-corrected chi connectivity index (χ0v) is 17.6. The molecule has 30 heavy (non-hydrogen) atoms. The molecular formula is C24H24ClN5. The van der Waals surface area contributed by atoms with Crippen molar-refractivity contribution in [1.29, 1.82) is 0 Å². The van der Waals surface area contributed by atoms with Crippen LogP contribution in [0.2, 0.25) is 5.02 Å². The summed E-state index contributed by atoms with van der Waals surface area (Å²) in [6.07, 6.45) is 2.47. The van der Waals surface area contributed by atoms with Gasteiger partial charge in [-0.1, -0.05) is 61.5 Å². The van der Waals surface area contributed by atoms with Crippen LogP contribution in [-0.4, -0.2) is 17.4 Å². The van der Waals surface area contributed by atoms with Crippen LogP contribution in [0.5, 0.6) is 0 Å². The molecular weight excluding hydrogens is 394 g/mol. The molecule has 1 aromatic heterocycles. The highest BCUT2D eigenvalue weighted by Gasteiger charge is 2.24. The Morgan fingerprint density at radius 2 is 1.90 bits per heavy atom. The minimum atomic E-state index is -0.343. The summed E-state index contributed by atoms with van der Waals surface area (Å²) in [6, 6.07) is 19.7. The van der Waals surface area contributed by atoms with Crippen molar-refractivity contribution in [2.75, 3.05) is 17.2 Å². The standard InChI is InChI=1S/C24H24ClN5/c1-3-14-26-21-13-7-5-9-17(21)16(2)28-24-19-11-8-15-27-22(19)29-23(30-24)18-10-4-6-12-20(18)25/h4-13,15,23,26H,2-3,14H2,1H3,(H,27,29)(H,28,30). The number of fused-ring (bicyclic) bond motifs is 1. The monoisotopic (exact) mass is 417 g/mol. The van der Waals surface area contributed by atoms with E-state index in [1.807, 2.05) is 54.6 Å². The number of hydrogen-bond donors (Lipinski definition) is 3. The minimum absolute atomic E-state index is 0.343. The second-order valence-corrected chi connectivity index (χ2v) is 7.43. The molecule has 0 fully saturated rings. The average molecular weight is 418 g/mol. The summed E-state index contributed by atoms with van der Waals surface area (Å²) in [4.78, 5) is 9.40. The molecule has 0 amide bonds. The Morgan fingerprint density at radius 1 is 1.10 bits per heavy atom. The SMILES string of the molecule is C=C(NC1=NC(c2ccccc2Cl)Nc2ncccc21)c1ccccc1NCCC. The second kappa shape index (κ2) is 9.01. The first-order chi connectivity index (χ1) is 14.7. The number of nitrogens with zero attached hydrogens (tertiary/aromatic N) is 2. The highest BCUT2D eigenvalue weighted by atomic mass is 35.5. The smallest absolute Gasteiger partial charge is 0.149 e. The van der Waals surface area contributed by atoms with E-state index in [0.717, 1.165) is 46.9 Å². The molecule has 1 aliphatic heterocycles. The molecule has 6 heteroatoms. The highest BCUT2D eigenvalue weighted by molar-refractivity contribution is 6.31. The van der Waals surface area contributed by atoms with E-state index in [0.29, 0.717) is 10.9 Å². The third kappa shape index (κ3) is 4.16. The van der Waals surface area contributed by atoms with Crippen molar-refractivity contribution in [3.63, 3.8) is 0 Å². The van der Waals surface area contributed by atoms with Crippen molar-refractivity contribution in [3.05, 3.63) is 95.2 Å². The van der Waals surface area contributed by atoms with Gasteiger partial charge < -0.3 is 16.0 Å². The lowest BCUT2D eigenvalue weighted by atomic mass is 10.1. The zero-order chi connectivity index (χ0) is 20.9. The van der Waals surface area contributed by atoms with Crippen LogP contribution in [0.1, 0.15) is 36.2 Å². The van der Waals surface area contributed by atoms with Crippen LogP contribution in [0.4, 0.5) is 11.5 Å². The van der Waals surface area contributed by atoms with Crippen molar-refractivity contribution in [2.24, 2.45) is 4.99 Å². The number of aliphatic imine (C=N–C) groups is 1. The maximum Gasteiger partial charge on any atom is 0.149 e.